The Bertz CT molecular complexity index is 178. The topological polar surface area (TPSA) is 17.1 Å². The molecule has 3 heteroatoms. The highest BCUT2D eigenvalue weighted by atomic mass is 35.5. The maximum absolute atomic E-state index is 10.2. The highest BCUT2D eigenvalue weighted by Gasteiger charge is 2.61. The van der Waals surface area contributed by atoms with E-state index in [1.165, 1.54) is 0 Å². The van der Waals surface area contributed by atoms with Gasteiger partial charge in [0.25, 0.3) is 0 Å². The average Bonchev–Trinajstić information content (AvgIpc) is 2.66. The van der Waals surface area contributed by atoms with Crippen molar-refractivity contribution in [3.8, 4) is 0 Å². The molecule has 2 saturated carbocycles. The van der Waals surface area contributed by atoms with Gasteiger partial charge in [0, 0.05) is 5.92 Å². The Morgan fingerprint density at radius 1 is 1.50 bits per heavy atom. The van der Waals surface area contributed by atoms with E-state index in [1.54, 1.807) is 0 Å². The van der Waals surface area contributed by atoms with Crippen LogP contribution in [0.4, 0.5) is 0 Å². The fraction of sp³-hybridized carbons (Fsp3) is 0.857. The van der Waals surface area contributed by atoms with Crippen molar-refractivity contribution in [1.82, 2.24) is 0 Å². The summed E-state index contributed by atoms with van der Waals surface area (Å²) in [6, 6.07) is 0. The highest BCUT2D eigenvalue weighted by Crippen LogP contribution is 2.64. The first-order valence-corrected chi connectivity index (χ1v) is 4.24. The minimum Gasteiger partial charge on any atom is -0.303 e. The zero-order chi connectivity index (χ0) is 7.35. The van der Waals surface area contributed by atoms with Gasteiger partial charge in [0.2, 0.25) is 0 Å². The molecule has 0 N–H and O–H groups in total. The molecule has 0 spiro atoms. The van der Waals surface area contributed by atoms with E-state index in [1.807, 2.05) is 0 Å². The maximum Gasteiger partial charge on any atom is 0.123 e. The van der Waals surface area contributed by atoms with Crippen LogP contribution in [0.15, 0.2) is 0 Å². The summed E-state index contributed by atoms with van der Waals surface area (Å²) in [5, 5.41) is 0. The lowest BCUT2D eigenvalue weighted by atomic mass is 10.2. The van der Waals surface area contributed by atoms with Crippen LogP contribution < -0.4 is 0 Å². The number of carbonyl (C=O) groups excluding carboxylic acids is 1. The van der Waals surface area contributed by atoms with Gasteiger partial charge >= 0.3 is 0 Å². The van der Waals surface area contributed by atoms with E-state index in [9.17, 15) is 4.79 Å². The molecule has 0 aromatic rings. The lowest BCUT2D eigenvalue weighted by molar-refractivity contribution is -0.109. The Morgan fingerprint density at radius 2 is 2.10 bits per heavy atom. The van der Waals surface area contributed by atoms with Crippen molar-refractivity contribution < 1.29 is 4.79 Å². The molecule has 56 valence electrons. The van der Waals surface area contributed by atoms with Gasteiger partial charge in [0.05, 0.1) is 0 Å². The molecule has 2 aliphatic rings. The molecular formula is C7H8Cl2O. The van der Waals surface area contributed by atoms with Gasteiger partial charge in [-0.2, -0.15) is 0 Å². The smallest absolute Gasteiger partial charge is 0.123 e. The molecule has 2 rings (SSSR count). The van der Waals surface area contributed by atoms with E-state index in [-0.39, 0.29) is 5.92 Å². The fourth-order valence-corrected chi connectivity index (χ4v) is 2.21. The quantitative estimate of drug-likeness (QED) is 0.468. The lowest BCUT2D eigenvalue weighted by Crippen LogP contribution is -1.94. The molecule has 2 aliphatic carbocycles. The van der Waals surface area contributed by atoms with Crippen molar-refractivity contribution in [2.45, 2.75) is 17.2 Å². The summed E-state index contributed by atoms with van der Waals surface area (Å²) in [4.78, 5) is 10.2. The van der Waals surface area contributed by atoms with Crippen molar-refractivity contribution in [2.75, 3.05) is 0 Å². The van der Waals surface area contributed by atoms with E-state index in [0.29, 0.717) is 11.8 Å². The van der Waals surface area contributed by atoms with Gasteiger partial charge in [0.15, 0.2) is 0 Å². The largest absolute Gasteiger partial charge is 0.303 e. The van der Waals surface area contributed by atoms with Crippen molar-refractivity contribution in [1.29, 1.82) is 0 Å². The van der Waals surface area contributed by atoms with Crippen molar-refractivity contribution in [3.63, 3.8) is 0 Å². The molecule has 0 radical (unpaired) electrons. The third-order valence-corrected chi connectivity index (χ3v) is 3.33. The first-order chi connectivity index (χ1) is 4.65. The van der Waals surface area contributed by atoms with Crippen LogP contribution in [0.3, 0.4) is 0 Å². The van der Waals surface area contributed by atoms with Gasteiger partial charge < -0.3 is 4.79 Å². The molecule has 0 amide bonds. The molecule has 10 heavy (non-hydrogen) atoms. The van der Waals surface area contributed by atoms with Gasteiger partial charge in [-0.3, -0.25) is 0 Å². The van der Waals surface area contributed by atoms with Gasteiger partial charge in [-0.15, -0.1) is 23.2 Å². The van der Waals surface area contributed by atoms with Crippen molar-refractivity contribution in [2.24, 2.45) is 17.8 Å². The molecule has 0 saturated heterocycles. The van der Waals surface area contributed by atoms with Crippen molar-refractivity contribution >= 4 is 29.5 Å². The van der Waals surface area contributed by atoms with Crippen LogP contribution in [0, 0.1) is 17.8 Å². The molecule has 0 bridgehead atoms. The molecular weight excluding hydrogens is 171 g/mol. The third-order valence-electron chi connectivity index (χ3n) is 2.46. The van der Waals surface area contributed by atoms with E-state index in [2.05, 4.69) is 0 Å². The van der Waals surface area contributed by atoms with Crippen LogP contribution >= 0.6 is 23.2 Å². The number of aldehydes is 1. The van der Waals surface area contributed by atoms with Crippen LogP contribution in [0.1, 0.15) is 12.8 Å². The molecule has 0 aromatic heterocycles. The summed E-state index contributed by atoms with van der Waals surface area (Å²) in [6.45, 7) is 0. The first-order valence-electron chi connectivity index (χ1n) is 3.48. The second kappa shape index (κ2) is 1.89. The molecule has 0 heterocycles. The minimum atomic E-state index is -0.484. The van der Waals surface area contributed by atoms with Gasteiger partial charge in [-0.1, -0.05) is 0 Å². The second-order valence-electron chi connectivity index (χ2n) is 3.27. The minimum absolute atomic E-state index is 0.268. The van der Waals surface area contributed by atoms with E-state index < -0.39 is 4.33 Å². The number of halogens is 2. The predicted molar refractivity (Wildman–Crippen MR) is 40.2 cm³/mol. The second-order valence-corrected chi connectivity index (χ2v) is 4.81. The number of hydrogen-bond acceptors (Lipinski definition) is 1. The number of carbonyl (C=O) groups is 1. The highest BCUT2D eigenvalue weighted by molar-refractivity contribution is 6.50. The summed E-state index contributed by atoms with van der Waals surface area (Å²) in [6.07, 6.45) is 2.91. The number of alkyl halides is 2. The van der Waals surface area contributed by atoms with Gasteiger partial charge in [-0.25, -0.2) is 0 Å². The van der Waals surface area contributed by atoms with Crippen LogP contribution in [-0.4, -0.2) is 10.6 Å². The average molecular weight is 179 g/mol. The van der Waals surface area contributed by atoms with Gasteiger partial charge in [-0.05, 0) is 24.7 Å². The number of hydrogen-bond donors (Lipinski definition) is 0. The third kappa shape index (κ3) is 0.960. The zero-order valence-corrected chi connectivity index (χ0v) is 6.90. The summed E-state index contributed by atoms with van der Waals surface area (Å²) < 4.78 is -0.484. The summed E-state index contributed by atoms with van der Waals surface area (Å²) >= 11 is 11.6. The number of rotatable bonds is 2. The maximum atomic E-state index is 10.2. The predicted octanol–water partition coefficient (Wildman–Crippen LogP) is 2.02. The van der Waals surface area contributed by atoms with Crippen LogP contribution in [0.5, 0.6) is 0 Å². The first kappa shape index (κ1) is 6.93. The zero-order valence-electron chi connectivity index (χ0n) is 5.39. The normalized spacial score (nSPS) is 48.4. The molecule has 0 aliphatic heterocycles. The Labute approximate surface area is 69.7 Å². The SMILES string of the molecule is O=C[C@@H]1C[C@H]1[C@H]1CC1(Cl)Cl. The Morgan fingerprint density at radius 3 is 2.40 bits per heavy atom. The molecule has 0 unspecified atom stereocenters. The van der Waals surface area contributed by atoms with Crippen molar-refractivity contribution in [3.05, 3.63) is 0 Å². The van der Waals surface area contributed by atoms with E-state index >= 15 is 0 Å². The van der Waals surface area contributed by atoms with Crippen LogP contribution in [0.2, 0.25) is 0 Å². The summed E-state index contributed by atoms with van der Waals surface area (Å²) in [5.41, 5.74) is 0. The fourth-order valence-electron chi connectivity index (χ4n) is 1.55. The monoisotopic (exact) mass is 178 g/mol. The Hall–Kier alpha value is 0.250. The Balaban J connectivity index is 1.90. The van der Waals surface area contributed by atoms with Crippen LogP contribution in [-0.2, 0) is 4.79 Å². The van der Waals surface area contributed by atoms with E-state index in [0.717, 1.165) is 19.1 Å². The van der Waals surface area contributed by atoms with Crippen LogP contribution in [0.25, 0.3) is 0 Å². The van der Waals surface area contributed by atoms with E-state index in [4.69, 9.17) is 23.2 Å². The molecule has 1 nitrogen and oxygen atoms in total. The standard InChI is InChI=1S/C7H8Cl2O/c8-7(9)2-6(7)5-1-4(5)3-10/h3-6H,1-2H2/t4-,5+,6+/m0/s1. The summed E-state index contributed by atoms with van der Waals surface area (Å²) in [7, 11) is 0. The molecule has 2 fully saturated rings. The molecule has 0 aromatic carbocycles. The molecule has 3 atom stereocenters. The lowest BCUT2D eigenvalue weighted by Gasteiger charge is -1.93. The van der Waals surface area contributed by atoms with Gasteiger partial charge in [0.1, 0.15) is 10.6 Å². The Kier molecular flexibility index (Phi) is 1.31. The summed E-state index contributed by atoms with van der Waals surface area (Å²) in [5.74, 6) is 1.18.